The fourth-order valence-corrected chi connectivity index (χ4v) is 2.13. The Kier molecular flexibility index (Phi) is 3.45. The predicted octanol–water partition coefficient (Wildman–Crippen LogP) is 2.15. The maximum atomic E-state index is 11.7. The van der Waals surface area contributed by atoms with Crippen LogP contribution in [-0.2, 0) is 4.79 Å². The van der Waals surface area contributed by atoms with Crippen LogP contribution in [-0.4, -0.2) is 18.6 Å². The first-order chi connectivity index (χ1) is 8.53. The molecular formula is C14H20N2O2. The molecule has 0 radical (unpaired) electrons. The van der Waals surface area contributed by atoms with Gasteiger partial charge in [-0.25, -0.2) is 0 Å². The van der Waals surface area contributed by atoms with E-state index in [1.807, 2.05) is 31.2 Å². The summed E-state index contributed by atoms with van der Waals surface area (Å²) in [5, 5.41) is 3.25. The molecule has 1 unspecified atom stereocenters. The maximum absolute atomic E-state index is 11.7. The van der Waals surface area contributed by atoms with Crippen LogP contribution < -0.4 is 15.8 Å². The van der Waals surface area contributed by atoms with Gasteiger partial charge in [0.1, 0.15) is 11.3 Å². The van der Waals surface area contributed by atoms with Crippen molar-refractivity contribution < 1.29 is 9.53 Å². The Balaban J connectivity index is 2.14. The molecule has 1 saturated carbocycles. The minimum absolute atomic E-state index is 0.308. The second-order valence-corrected chi connectivity index (χ2v) is 5.20. The lowest BCUT2D eigenvalue weighted by atomic mass is 9.93. The number of carbonyl (C=O) groups excluding carboxylic acids is 1. The molecule has 4 nitrogen and oxygen atoms in total. The summed E-state index contributed by atoms with van der Waals surface area (Å²) in [5.41, 5.74) is 5.70. The Bertz CT molecular complexity index is 443. The molecule has 0 bridgehead atoms. The largest absolute Gasteiger partial charge is 0.497 e. The van der Waals surface area contributed by atoms with Gasteiger partial charge in [0.2, 0.25) is 5.91 Å². The van der Waals surface area contributed by atoms with Crippen LogP contribution in [0.4, 0.5) is 5.69 Å². The second-order valence-electron chi connectivity index (χ2n) is 5.20. The molecule has 0 aromatic heterocycles. The summed E-state index contributed by atoms with van der Waals surface area (Å²) in [4.78, 5) is 11.7. The lowest BCUT2D eigenvalue weighted by Gasteiger charge is -2.28. The normalized spacial score (nSPS) is 17.9. The van der Waals surface area contributed by atoms with Gasteiger partial charge in [0.25, 0.3) is 0 Å². The molecule has 1 amide bonds. The van der Waals surface area contributed by atoms with E-state index >= 15 is 0 Å². The molecule has 1 aromatic carbocycles. The van der Waals surface area contributed by atoms with Gasteiger partial charge < -0.3 is 15.8 Å². The quantitative estimate of drug-likeness (QED) is 0.810. The first-order valence-electron chi connectivity index (χ1n) is 6.25. The van der Waals surface area contributed by atoms with Gasteiger partial charge in [0, 0.05) is 11.8 Å². The molecule has 1 fully saturated rings. The van der Waals surface area contributed by atoms with Crippen LogP contribution in [0.5, 0.6) is 5.75 Å². The van der Waals surface area contributed by atoms with Crippen molar-refractivity contribution >= 4 is 11.6 Å². The highest BCUT2D eigenvalue weighted by Gasteiger charge is 2.37. The van der Waals surface area contributed by atoms with E-state index in [1.165, 1.54) is 12.8 Å². The van der Waals surface area contributed by atoms with Crippen LogP contribution in [0.3, 0.4) is 0 Å². The molecule has 3 N–H and O–H groups in total. The van der Waals surface area contributed by atoms with Crippen LogP contribution in [0.25, 0.3) is 0 Å². The van der Waals surface area contributed by atoms with E-state index in [1.54, 1.807) is 7.11 Å². The van der Waals surface area contributed by atoms with Crippen LogP contribution in [0.1, 0.15) is 26.2 Å². The SMILES string of the molecule is COc1cccc(NC(C)(CC2CC2)C(N)=O)c1. The van der Waals surface area contributed by atoms with Gasteiger partial charge in [0.15, 0.2) is 0 Å². The highest BCUT2D eigenvalue weighted by Crippen LogP contribution is 2.38. The predicted molar refractivity (Wildman–Crippen MR) is 71.6 cm³/mol. The van der Waals surface area contributed by atoms with E-state index in [2.05, 4.69) is 5.32 Å². The molecular weight excluding hydrogens is 228 g/mol. The topological polar surface area (TPSA) is 64.3 Å². The van der Waals surface area contributed by atoms with Gasteiger partial charge in [-0.15, -0.1) is 0 Å². The Hall–Kier alpha value is -1.71. The Morgan fingerprint density at radius 1 is 1.56 bits per heavy atom. The number of rotatable bonds is 6. The highest BCUT2D eigenvalue weighted by atomic mass is 16.5. The number of methoxy groups -OCH3 is 1. The number of amides is 1. The van der Waals surface area contributed by atoms with Crippen molar-refractivity contribution in [3.05, 3.63) is 24.3 Å². The monoisotopic (exact) mass is 248 g/mol. The van der Waals surface area contributed by atoms with Gasteiger partial charge in [0.05, 0.1) is 7.11 Å². The standard InChI is InChI=1S/C14H20N2O2/c1-14(13(15)17,9-10-6-7-10)16-11-4-3-5-12(8-11)18-2/h3-5,8,10,16H,6-7,9H2,1-2H3,(H2,15,17). The van der Waals surface area contributed by atoms with Gasteiger partial charge in [-0.2, -0.15) is 0 Å². The number of nitrogens with two attached hydrogens (primary N) is 1. The number of nitrogens with one attached hydrogen (secondary N) is 1. The highest BCUT2D eigenvalue weighted by molar-refractivity contribution is 5.87. The van der Waals surface area contributed by atoms with Crippen LogP contribution in [0.15, 0.2) is 24.3 Å². The van der Waals surface area contributed by atoms with E-state index in [-0.39, 0.29) is 5.91 Å². The summed E-state index contributed by atoms with van der Waals surface area (Å²) < 4.78 is 5.17. The number of benzene rings is 1. The molecule has 0 aliphatic heterocycles. The first kappa shape index (κ1) is 12.7. The lowest BCUT2D eigenvalue weighted by molar-refractivity contribution is -0.122. The molecule has 2 rings (SSSR count). The summed E-state index contributed by atoms with van der Waals surface area (Å²) in [6.45, 7) is 1.87. The summed E-state index contributed by atoms with van der Waals surface area (Å²) in [6, 6.07) is 7.54. The maximum Gasteiger partial charge on any atom is 0.242 e. The Morgan fingerprint density at radius 2 is 2.28 bits per heavy atom. The summed E-state index contributed by atoms with van der Waals surface area (Å²) >= 11 is 0. The number of hydrogen-bond acceptors (Lipinski definition) is 3. The van der Waals surface area contributed by atoms with Crippen LogP contribution in [0.2, 0.25) is 0 Å². The van der Waals surface area contributed by atoms with Gasteiger partial charge >= 0.3 is 0 Å². The van der Waals surface area contributed by atoms with Gasteiger partial charge in [-0.3, -0.25) is 4.79 Å². The number of carbonyl (C=O) groups is 1. The zero-order valence-corrected chi connectivity index (χ0v) is 10.9. The number of anilines is 1. The Labute approximate surface area is 108 Å². The molecule has 0 saturated heterocycles. The molecule has 1 atom stereocenters. The minimum Gasteiger partial charge on any atom is -0.497 e. The number of ether oxygens (including phenoxy) is 1. The lowest BCUT2D eigenvalue weighted by Crippen LogP contribution is -2.48. The van der Waals surface area contributed by atoms with E-state index in [4.69, 9.17) is 10.5 Å². The third-order valence-electron chi connectivity index (χ3n) is 3.43. The van der Waals surface area contributed by atoms with Crippen molar-refractivity contribution in [1.82, 2.24) is 0 Å². The average Bonchev–Trinajstić information content (AvgIpc) is 3.12. The second kappa shape index (κ2) is 4.88. The smallest absolute Gasteiger partial charge is 0.242 e. The molecule has 1 aliphatic rings. The minimum atomic E-state index is -0.687. The van der Waals surface area contributed by atoms with Crippen molar-refractivity contribution in [3.63, 3.8) is 0 Å². The average molecular weight is 248 g/mol. The van der Waals surface area contributed by atoms with Gasteiger partial charge in [-0.1, -0.05) is 18.9 Å². The van der Waals surface area contributed by atoms with Crippen molar-refractivity contribution in [2.45, 2.75) is 31.7 Å². The summed E-state index contributed by atoms with van der Waals surface area (Å²) in [5.74, 6) is 1.08. The van der Waals surface area contributed by atoms with E-state index < -0.39 is 5.54 Å². The third kappa shape index (κ3) is 2.94. The Morgan fingerprint density at radius 3 is 2.83 bits per heavy atom. The number of primary amides is 1. The van der Waals surface area contributed by atoms with E-state index in [0.717, 1.165) is 17.9 Å². The fraction of sp³-hybridized carbons (Fsp3) is 0.500. The van der Waals surface area contributed by atoms with E-state index in [9.17, 15) is 4.79 Å². The molecule has 18 heavy (non-hydrogen) atoms. The summed E-state index contributed by atoms with van der Waals surface area (Å²) in [6.07, 6.45) is 3.19. The van der Waals surface area contributed by atoms with Gasteiger partial charge in [-0.05, 0) is 31.4 Å². The van der Waals surface area contributed by atoms with Crippen molar-refractivity contribution in [1.29, 1.82) is 0 Å². The van der Waals surface area contributed by atoms with Crippen molar-refractivity contribution in [3.8, 4) is 5.75 Å². The molecule has 4 heteroatoms. The third-order valence-corrected chi connectivity index (χ3v) is 3.43. The molecule has 0 heterocycles. The number of hydrogen-bond donors (Lipinski definition) is 2. The summed E-state index contributed by atoms with van der Waals surface area (Å²) in [7, 11) is 1.62. The van der Waals surface area contributed by atoms with Crippen molar-refractivity contribution in [2.75, 3.05) is 12.4 Å². The van der Waals surface area contributed by atoms with Crippen LogP contribution in [0, 0.1) is 5.92 Å². The van der Waals surface area contributed by atoms with Crippen molar-refractivity contribution in [2.24, 2.45) is 11.7 Å². The van der Waals surface area contributed by atoms with E-state index in [0.29, 0.717) is 5.92 Å². The van der Waals surface area contributed by atoms with Crippen LogP contribution >= 0.6 is 0 Å². The fourth-order valence-electron chi connectivity index (χ4n) is 2.13. The molecule has 1 aromatic rings. The first-order valence-corrected chi connectivity index (χ1v) is 6.25. The molecule has 0 spiro atoms. The molecule has 1 aliphatic carbocycles. The zero-order chi connectivity index (χ0) is 13.2. The zero-order valence-electron chi connectivity index (χ0n) is 10.9. The molecule has 98 valence electrons.